The molecule has 0 aromatic heterocycles. The number of benzene rings is 2. The summed E-state index contributed by atoms with van der Waals surface area (Å²) in [6.07, 6.45) is 1.38. The van der Waals surface area contributed by atoms with E-state index >= 15 is 0 Å². The van der Waals surface area contributed by atoms with E-state index in [9.17, 15) is 18.0 Å². The van der Waals surface area contributed by atoms with E-state index in [1.165, 1.54) is 25.1 Å². The average Bonchev–Trinajstić information content (AvgIpc) is 2.78. The predicted molar refractivity (Wildman–Crippen MR) is 109 cm³/mol. The number of para-hydroxylation sites is 1. The highest BCUT2D eigenvalue weighted by Gasteiger charge is 2.28. The molecular formula is C20H23N3O4S. The summed E-state index contributed by atoms with van der Waals surface area (Å²) in [5, 5.41) is 5.24. The molecule has 1 atom stereocenters. The highest BCUT2D eigenvalue weighted by Crippen LogP contribution is 2.31. The summed E-state index contributed by atoms with van der Waals surface area (Å²) in [7, 11) is -3.88. The minimum absolute atomic E-state index is 0.00307. The number of nitrogens with one attached hydrogen (secondary N) is 3. The fraction of sp³-hybridized carbons (Fsp3) is 0.300. The zero-order valence-corrected chi connectivity index (χ0v) is 16.8. The molecule has 1 aliphatic rings. The third-order valence-electron chi connectivity index (χ3n) is 4.84. The molecule has 148 valence electrons. The van der Waals surface area contributed by atoms with Crippen molar-refractivity contribution in [2.75, 3.05) is 15.4 Å². The molecule has 8 heteroatoms. The van der Waals surface area contributed by atoms with Crippen molar-refractivity contribution in [3.8, 4) is 0 Å². The lowest BCUT2D eigenvalue weighted by atomic mass is 10.0. The van der Waals surface area contributed by atoms with E-state index in [0.717, 1.165) is 11.1 Å². The summed E-state index contributed by atoms with van der Waals surface area (Å²) in [4.78, 5) is 24.0. The van der Waals surface area contributed by atoms with Gasteiger partial charge in [0.2, 0.25) is 11.8 Å². The smallest absolute Gasteiger partial charge is 0.261 e. The maximum absolute atomic E-state index is 13.0. The Bertz CT molecular complexity index is 1030. The van der Waals surface area contributed by atoms with Gasteiger partial charge in [-0.3, -0.25) is 14.3 Å². The van der Waals surface area contributed by atoms with Crippen molar-refractivity contribution in [2.24, 2.45) is 5.92 Å². The van der Waals surface area contributed by atoms with Crippen LogP contribution in [0.3, 0.4) is 0 Å². The van der Waals surface area contributed by atoms with E-state index in [1.54, 1.807) is 0 Å². The molecule has 7 nitrogen and oxygen atoms in total. The van der Waals surface area contributed by atoms with Crippen molar-refractivity contribution >= 4 is 38.9 Å². The molecular weight excluding hydrogens is 378 g/mol. The van der Waals surface area contributed by atoms with Gasteiger partial charge in [-0.2, -0.15) is 0 Å². The number of anilines is 3. The van der Waals surface area contributed by atoms with E-state index < -0.39 is 27.8 Å². The van der Waals surface area contributed by atoms with Crippen molar-refractivity contribution in [2.45, 2.75) is 38.5 Å². The number of amides is 2. The summed E-state index contributed by atoms with van der Waals surface area (Å²) in [5.74, 6) is -1.79. The van der Waals surface area contributed by atoms with E-state index in [-0.39, 0.29) is 10.6 Å². The van der Waals surface area contributed by atoms with Crippen molar-refractivity contribution < 1.29 is 18.0 Å². The van der Waals surface area contributed by atoms with Crippen LogP contribution in [0.2, 0.25) is 0 Å². The Hall–Kier alpha value is -2.87. The predicted octanol–water partition coefficient (Wildman–Crippen LogP) is 3.14. The molecule has 0 aliphatic carbocycles. The minimum Gasteiger partial charge on any atom is -0.324 e. The maximum Gasteiger partial charge on any atom is 0.261 e. The second-order valence-corrected chi connectivity index (χ2v) is 8.35. The van der Waals surface area contributed by atoms with Crippen LogP contribution in [0.4, 0.5) is 17.1 Å². The molecule has 2 aromatic carbocycles. The largest absolute Gasteiger partial charge is 0.324 e. The number of carbonyl (C=O) groups excluding carboxylic acids is 2. The van der Waals surface area contributed by atoms with Crippen LogP contribution in [-0.4, -0.2) is 20.2 Å². The second kappa shape index (κ2) is 7.63. The van der Waals surface area contributed by atoms with Gasteiger partial charge in [0.1, 0.15) is 5.92 Å². The van der Waals surface area contributed by atoms with Crippen molar-refractivity contribution in [1.29, 1.82) is 0 Å². The minimum atomic E-state index is -3.88. The Balaban J connectivity index is 2.00. The van der Waals surface area contributed by atoms with Gasteiger partial charge in [0, 0.05) is 0 Å². The molecule has 0 bridgehead atoms. The zero-order valence-electron chi connectivity index (χ0n) is 16.0. The van der Waals surface area contributed by atoms with E-state index in [0.29, 0.717) is 24.2 Å². The fourth-order valence-electron chi connectivity index (χ4n) is 3.07. The molecule has 3 rings (SSSR count). The molecule has 0 radical (unpaired) electrons. The molecule has 2 amide bonds. The third kappa shape index (κ3) is 3.73. The Morgan fingerprint density at radius 3 is 2.07 bits per heavy atom. The summed E-state index contributed by atoms with van der Waals surface area (Å²) in [6.45, 7) is 5.42. The normalized spacial score (nSPS) is 16.6. The van der Waals surface area contributed by atoms with Crippen LogP contribution in [0.1, 0.15) is 31.9 Å². The van der Waals surface area contributed by atoms with E-state index in [4.69, 9.17) is 0 Å². The Kier molecular flexibility index (Phi) is 5.42. The SMILES string of the molecule is CCc1cccc(CC)c1NS(=O)(=O)c1ccc2c(c1)NC(=O)C(C)C(=O)N2. The molecule has 0 spiro atoms. The number of hydrogen-bond acceptors (Lipinski definition) is 4. The van der Waals surface area contributed by atoms with E-state index in [1.807, 2.05) is 32.0 Å². The topological polar surface area (TPSA) is 104 Å². The second-order valence-electron chi connectivity index (χ2n) is 6.67. The van der Waals surface area contributed by atoms with Crippen LogP contribution >= 0.6 is 0 Å². The summed E-state index contributed by atoms with van der Waals surface area (Å²) < 4.78 is 28.7. The van der Waals surface area contributed by atoms with Gasteiger partial charge in [-0.25, -0.2) is 8.42 Å². The lowest BCUT2D eigenvalue weighted by Crippen LogP contribution is -2.28. The molecule has 28 heavy (non-hydrogen) atoms. The first-order valence-electron chi connectivity index (χ1n) is 9.16. The van der Waals surface area contributed by atoms with Gasteiger partial charge in [0.25, 0.3) is 10.0 Å². The molecule has 1 unspecified atom stereocenters. The van der Waals surface area contributed by atoms with Gasteiger partial charge in [0.05, 0.1) is 22.0 Å². The zero-order chi connectivity index (χ0) is 20.5. The monoisotopic (exact) mass is 401 g/mol. The Morgan fingerprint density at radius 2 is 1.50 bits per heavy atom. The van der Waals surface area contributed by atoms with E-state index in [2.05, 4.69) is 15.4 Å². The highest BCUT2D eigenvalue weighted by molar-refractivity contribution is 7.92. The van der Waals surface area contributed by atoms with Crippen LogP contribution in [0, 0.1) is 5.92 Å². The standard InChI is InChI=1S/C20H23N3O4S/c1-4-13-7-6-8-14(5-2)18(13)23-28(26,27)15-9-10-16-17(11-15)22-20(25)12(3)19(24)21-16/h6-12,23H,4-5H2,1-3H3,(H,21,24)(H,22,25). The molecule has 1 heterocycles. The van der Waals surface area contributed by atoms with Crippen molar-refractivity contribution in [3.05, 3.63) is 47.5 Å². The number of rotatable bonds is 5. The molecule has 0 saturated carbocycles. The van der Waals surface area contributed by atoms with Gasteiger partial charge in [0.15, 0.2) is 0 Å². The first-order chi connectivity index (χ1) is 13.3. The average molecular weight is 401 g/mol. The van der Waals surface area contributed by atoms with Gasteiger partial charge < -0.3 is 10.6 Å². The summed E-state index contributed by atoms with van der Waals surface area (Å²) in [5.41, 5.74) is 3.03. The van der Waals surface area contributed by atoms with Crippen LogP contribution in [-0.2, 0) is 32.5 Å². The molecule has 1 aliphatic heterocycles. The van der Waals surface area contributed by atoms with Gasteiger partial charge in [-0.05, 0) is 49.1 Å². The highest BCUT2D eigenvalue weighted by atomic mass is 32.2. The number of sulfonamides is 1. The van der Waals surface area contributed by atoms with Gasteiger partial charge in [-0.1, -0.05) is 32.0 Å². The Labute approximate surface area is 164 Å². The van der Waals surface area contributed by atoms with Crippen LogP contribution in [0.15, 0.2) is 41.3 Å². The number of carbonyl (C=O) groups is 2. The maximum atomic E-state index is 13.0. The van der Waals surface area contributed by atoms with Crippen LogP contribution in [0.5, 0.6) is 0 Å². The fourth-order valence-corrected chi connectivity index (χ4v) is 4.24. The van der Waals surface area contributed by atoms with Gasteiger partial charge >= 0.3 is 0 Å². The van der Waals surface area contributed by atoms with Crippen LogP contribution in [0.25, 0.3) is 0 Å². The Morgan fingerprint density at radius 1 is 0.929 bits per heavy atom. The molecule has 0 fully saturated rings. The quantitative estimate of drug-likeness (QED) is 0.670. The van der Waals surface area contributed by atoms with Crippen molar-refractivity contribution in [1.82, 2.24) is 0 Å². The number of fused-ring (bicyclic) bond motifs is 1. The number of hydrogen-bond donors (Lipinski definition) is 3. The summed E-state index contributed by atoms with van der Waals surface area (Å²) in [6, 6.07) is 9.94. The lowest BCUT2D eigenvalue weighted by molar-refractivity contribution is -0.128. The van der Waals surface area contributed by atoms with Gasteiger partial charge in [-0.15, -0.1) is 0 Å². The lowest BCUT2D eigenvalue weighted by Gasteiger charge is -2.16. The van der Waals surface area contributed by atoms with Crippen LogP contribution < -0.4 is 15.4 Å². The summed E-state index contributed by atoms with van der Waals surface area (Å²) >= 11 is 0. The van der Waals surface area contributed by atoms with Crippen molar-refractivity contribution in [3.63, 3.8) is 0 Å². The molecule has 2 aromatic rings. The molecule has 0 saturated heterocycles. The first kappa shape index (κ1) is 19.9. The first-order valence-corrected chi connectivity index (χ1v) is 10.6. The number of aryl methyl sites for hydroxylation is 2. The third-order valence-corrected chi connectivity index (χ3v) is 6.19. The molecule has 3 N–H and O–H groups in total.